The van der Waals surface area contributed by atoms with Crippen molar-refractivity contribution in [1.82, 2.24) is 4.90 Å². The number of ether oxygens (including phenoxy) is 1. The average Bonchev–Trinajstić information content (AvgIpc) is 2.45. The average molecular weight is 282 g/mol. The summed E-state index contributed by atoms with van der Waals surface area (Å²) >= 11 is 0. The van der Waals surface area contributed by atoms with Crippen LogP contribution in [0.5, 0.6) is 5.75 Å². The Kier molecular flexibility index (Phi) is 6.43. The third-order valence-electron chi connectivity index (χ3n) is 4.21. The molecular formula is C16H27FN2O. The molecule has 0 atom stereocenters. The Morgan fingerprint density at radius 1 is 1.30 bits per heavy atom. The molecule has 4 heteroatoms. The van der Waals surface area contributed by atoms with Crippen molar-refractivity contribution >= 4 is 0 Å². The maximum Gasteiger partial charge on any atom is 0.165 e. The van der Waals surface area contributed by atoms with Crippen molar-refractivity contribution in [2.45, 2.75) is 33.2 Å². The van der Waals surface area contributed by atoms with Gasteiger partial charge in [-0.3, -0.25) is 0 Å². The largest absolute Gasteiger partial charge is 0.494 e. The van der Waals surface area contributed by atoms with Crippen LogP contribution in [0.4, 0.5) is 4.39 Å². The molecule has 114 valence electrons. The van der Waals surface area contributed by atoms with E-state index in [1.54, 1.807) is 6.07 Å². The number of nitrogens with two attached hydrogens (primary N) is 1. The van der Waals surface area contributed by atoms with Crippen molar-refractivity contribution in [3.63, 3.8) is 0 Å². The lowest BCUT2D eigenvalue weighted by atomic mass is 9.82. The summed E-state index contributed by atoms with van der Waals surface area (Å²) in [4.78, 5) is 2.21. The van der Waals surface area contributed by atoms with E-state index in [-0.39, 0.29) is 17.0 Å². The van der Waals surface area contributed by atoms with E-state index in [0.29, 0.717) is 13.1 Å². The predicted octanol–water partition coefficient (Wildman–Crippen LogP) is 3.03. The second-order valence-corrected chi connectivity index (χ2v) is 5.55. The van der Waals surface area contributed by atoms with Crippen LogP contribution in [0.3, 0.4) is 0 Å². The molecule has 0 amide bonds. The van der Waals surface area contributed by atoms with Gasteiger partial charge in [-0.05, 0) is 49.5 Å². The zero-order chi connectivity index (χ0) is 15.2. The topological polar surface area (TPSA) is 38.5 Å². The van der Waals surface area contributed by atoms with Crippen LogP contribution in [0.1, 0.15) is 32.3 Å². The summed E-state index contributed by atoms with van der Waals surface area (Å²) in [6.45, 7) is 6.67. The second kappa shape index (κ2) is 7.60. The number of methoxy groups -OCH3 is 1. The molecule has 1 aromatic carbocycles. The van der Waals surface area contributed by atoms with Gasteiger partial charge in [0.15, 0.2) is 11.6 Å². The first-order chi connectivity index (χ1) is 9.50. The molecule has 0 radical (unpaired) electrons. The van der Waals surface area contributed by atoms with Gasteiger partial charge in [0.1, 0.15) is 0 Å². The van der Waals surface area contributed by atoms with Crippen LogP contribution in [0.2, 0.25) is 0 Å². The Hall–Kier alpha value is -1.13. The summed E-state index contributed by atoms with van der Waals surface area (Å²) in [6, 6.07) is 5.12. The lowest BCUT2D eigenvalue weighted by molar-refractivity contribution is 0.162. The molecule has 0 bridgehead atoms. The zero-order valence-electron chi connectivity index (χ0n) is 13.1. The van der Waals surface area contributed by atoms with Gasteiger partial charge in [-0.25, -0.2) is 4.39 Å². The smallest absolute Gasteiger partial charge is 0.165 e. The highest BCUT2D eigenvalue weighted by Crippen LogP contribution is 2.26. The quantitative estimate of drug-likeness (QED) is 0.796. The first-order valence-electron chi connectivity index (χ1n) is 7.21. The Labute approximate surface area is 121 Å². The summed E-state index contributed by atoms with van der Waals surface area (Å²) < 4.78 is 18.6. The van der Waals surface area contributed by atoms with E-state index in [0.717, 1.165) is 24.9 Å². The molecule has 1 aromatic rings. The molecule has 1 rings (SSSR count). The molecule has 0 aliphatic rings. The number of rotatable bonds is 8. The van der Waals surface area contributed by atoms with E-state index in [1.165, 1.54) is 13.2 Å². The van der Waals surface area contributed by atoms with Crippen LogP contribution in [-0.2, 0) is 6.54 Å². The van der Waals surface area contributed by atoms with Gasteiger partial charge < -0.3 is 15.4 Å². The van der Waals surface area contributed by atoms with E-state index in [2.05, 4.69) is 25.8 Å². The Morgan fingerprint density at radius 3 is 2.40 bits per heavy atom. The van der Waals surface area contributed by atoms with Gasteiger partial charge in [0.05, 0.1) is 7.11 Å². The molecule has 20 heavy (non-hydrogen) atoms. The minimum absolute atomic E-state index is 0.153. The molecule has 0 heterocycles. The van der Waals surface area contributed by atoms with Gasteiger partial charge in [-0.2, -0.15) is 0 Å². The highest BCUT2D eigenvalue weighted by molar-refractivity contribution is 5.29. The number of hydrogen-bond donors (Lipinski definition) is 1. The van der Waals surface area contributed by atoms with E-state index in [1.807, 2.05) is 6.07 Å². The van der Waals surface area contributed by atoms with Crippen LogP contribution in [0.15, 0.2) is 18.2 Å². The molecule has 0 saturated carbocycles. The van der Waals surface area contributed by atoms with Gasteiger partial charge in [0, 0.05) is 13.1 Å². The molecule has 0 saturated heterocycles. The van der Waals surface area contributed by atoms with Gasteiger partial charge in [0.25, 0.3) is 0 Å². The van der Waals surface area contributed by atoms with Gasteiger partial charge >= 0.3 is 0 Å². The van der Waals surface area contributed by atoms with Crippen LogP contribution in [0.25, 0.3) is 0 Å². The van der Waals surface area contributed by atoms with E-state index < -0.39 is 0 Å². The van der Waals surface area contributed by atoms with Crippen molar-refractivity contribution in [2.24, 2.45) is 11.1 Å². The molecule has 0 aliphatic carbocycles. The van der Waals surface area contributed by atoms with Crippen molar-refractivity contribution in [3.8, 4) is 5.75 Å². The lowest BCUT2D eigenvalue weighted by Gasteiger charge is -2.34. The maximum absolute atomic E-state index is 13.7. The Bertz CT molecular complexity index is 411. The van der Waals surface area contributed by atoms with Crippen LogP contribution < -0.4 is 10.5 Å². The summed E-state index contributed by atoms with van der Waals surface area (Å²) in [5.74, 6) is -0.0238. The standard InChI is InChI=1S/C16H27FN2O/c1-5-16(6-2,11-18)12-19(3)10-13-7-8-15(20-4)14(17)9-13/h7-9H,5-6,10-12,18H2,1-4H3. The van der Waals surface area contributed by atoms with E-state index >= 15 is 0 Å². The van der Waals surface area contributed by atoms with Gasteiger partial charge in [0.2, 0.25) is 0 Å². The van der Waals surface area contributed by atoms with Crippen molar-refractivity contribution in [2.75, 3.05) is 27.2 Å². The highest BCUT2D eigenvalue weighted by atomic mass is 19.1. The maximum atomic E-state index is 13.7. The fourth-order valence-electron chi connectivity index (χ4n) is 2.58. The van der Waals surface area contributed by atoms with Crippen LogP contribution >= 0.6 is 0 Å². The van der Waals surface area contributed by atoms with Crippen molar-refractivity contribution < 1.29 is 9.13 Å². The zero-order valence-corrected chi connectivity index (χ0v) is 13.1. The van der Waals surface area contributed by atoms with Crippen LogP contribution in [0, 0.1) is 11.2 Å². The molecule has 0 fully saturated rings. The lowest BCUT2D eigenvalue weighted by Crippen LogP contribution is -2.40. The molecule has 0 unspecified atom stereocenters. The summed E-state index contributed by atoms with van der Waals surface area (Å²) in [7, 11) is 3.53. The molecular weight excluding hydrogens is 255 g/mol. The summed E-state index contributed by atoms with van der Waals surface area (Å²) in [5, 5.41) is 0. The van der Waals surface area contributed by atoms with Crippen LogP contribution in [-0.4, -0.2) is 32.1 Å². The minimum Gasteiger partial charge on any atom is -0.494 e. The first kappa shape index (κ1) is 16.9. The predicted molar refractivity (Wildman–Crippen MR) is 81.4 cm³/mol. The third-order valence-corrected chi connectivity index (χ3v) is 4.21. The van der Waals surface area contributed by atoms with Crippen molar-refractivity contribution in [3.05, 3.63) is 29.6 Å². The van der Waals surface area contributed by atoms with Gasteiger partial charge in [-0.1, -0.05) is 19.9 Å². The van der Waals surface area contributed by atoms with E-state index in [9.17, 15) is 4.39 Å². The summed E-state index contributed by atoms with van der Waals surface area (Å²) in [6.07, 6.45) is 2.11. The Morgan fingerprint density at radius 2 is 1.95 bits per heavy atom. The second-order valence-electron chi connectivity index (χ2n) is 5.55. The van der Waals surface area contributed by atoms with E-state index in [4.69, 9.17) is 10.5 Å². The number of nitrogens with zero attached hydrogens (tertiary/aromatic N) is 1. The highest BCUT2D eigenvalue weighted by Gasteiger charge is 2.26. The molecule has 0 spiro atoms. The monoisotopic (exact) mass is 282 g/mol. The number of halogens is 1. The third kappa shape index (κ3) is 4.18. The first-order valence-corrected chi connectivity index (χ1v) is 7.21. The van der Waals surface area contributed by atoms with Gasteiger partial charge in [-0.15, -0.1) is 0 Å². The normalized spacial score (nSPS) is 11.9. The molecule has 3 nitrogen and oxygen atoms in total. The fourth-order valence-corrected chi connectivity index (χ4v) is 2.58. The molecule has 0 aromatic heterocycles. The minimum atomic E-state index is -0.311. The van der Waals surface area contributed by atoms with Crippen molar-refractivity contribution in [1.29, 1.82) is 0 Å². The molecule has 0 aliphatic heterocycles. The SMILES string of the molecule is CCC(CC)(CN)CN(C)Cc1ccc(OC)c(F)c1. The Balaban J connectivity index is 2.70. The number of hydrogen-bond acceptors (Lipinski definition) is 3. The molecule has 2 N–H and O–H groups in total. The summed E-state index contributed by atoms with van der Waals surface area (Å²) in [5.41, 5.74) is 7.03. The number of benzene rings is 1. The fraction of sp³-hybridized carbons (Fsp3) is 0.625.